The predicted octanol–water partition coefficient (Wildman–Crippen LogP) is 7.07. The lowest BCUT2D eigenvalue weighted by atomic mass is 9.96. The molecule has 0 saturated carbocycles. The van der Waals surface area contributed by atoms with Crippen molar-refractivity contribution < 1.29 is 18.7 Å². The van der Waals surface area contributed by atoms with Gasteiger partial charge >= 0.3 is 0 Å². The van der Waals surface area contributed by atoms with Gasteiger partial charge in [-0.25, -0.2) is 0 Å². The van der Waals surface area contributed by atoms with Crippen LogP contribution in [0.15, 0.2) is 71.4 Å². The molecule has 2 N–H and O–H groups in total. The molecule has 0 bridgehead atoms. The van der Waals surface area contributed by atoms with E-state index in [1.54, 1.807) is 37.6 Å². The molecule has 0 radical (unpaired) electrons. The number of carbonyl (C=O) groups excluding carboxylic acids is 2. The zero-order chi connectivity index (χ0) is 25.1. The van der Waals surface area contributed by atoms with Crippen LogP contribution in [0.1, 0.15) is 25.0 Å². The van der Waals surface area contributed by atoms with Crippen molar-refractivity contribution in [1.82, 2.24) is 0 Å². The van der Waals surface area contributed by atoms with Gasteiger partial charge < -0.3 is 19.8 Å². The number of benzene rings is 3. The molecule has 6 nitrogen and oxygen atoms in total. The van der Waals surface area contributed by atoms with Gasteiger partial charge in [-0.2, -0.15) is 0 Å². The molecule has 0 aliphatic heterocycles. The molecule has 0 spiro atoms. The van der Waals surface area contributed by atoms with Crippen LogP contribution in [0.2, 0.25) is 5.02 Å². The van der Waals surface area contributed by atoms with Crippen LogP contribution in [-0.4, -0.2) is 18.9 Å². The fourth-order valence-electron chi connectivity index (χ4n) is 4.06. The van der Waals surface area contributed by atoms with E-state index in [0.29, 0.717) is 22.1 Å². The van der Waals surface area contributed by atoms with Gasteiger partial charge in [0.25, 0.3) is 0 Å². The topological polar surface area (TPSA) is 80.6 Å². The van der Waals surface area contributed by atoms with Gasteiger partial charge in [0.15, 0.2) is 0 Å². The molecule has 4 aromatic rings. The maximum Gasteiger partial charge on any atom is 0.248 e. The Morgan fingerprint density at radius 3 is 2.34 bits per heavy atom. The number of aryl methyl sites for hydroxylation is 1. The summed E-state index contributed by atoms with van der Waals surface area (Å²) in [4.78, 5) is 24.1. The van der Waals surface area contributed by atoms with Crippen LogP contribution in [0.4, 0.5) is 11.4 Å². The molecule has 0 saturated heterocycles. The lowest BCUT2D eigenvalue weighted by molar-refractivity contribution is -0.114. The van der Waals surface area contributed by atoms with E-state index in [1.165, 1.54) is 13.0 Å². The molecule has 0 unspecified atom stereocenters. The van der Waals surface area contributed by atoms with Gasteiger partial charge in [-0.15, -0.1) is 0 Å². The van der Waals surface area contributed by atoms with E-state index in [4.69, 9.17) is 20.8 Å². The highest BCUT2D eigenvalue weighted by Crippen LogP contribution is 2.40. The Morgan fingerprint density at radius 1 is 1.00 bits per heavy atom. The number of fused-ring (bicyclic) bond motifs is 1. The van der Waals surface area contributed by atoms with Crippen molar-refractivity contribution >= 4 is 51.3 Å². The Morgan fingerprint density at radius 2 is 1.69 bits per heavy atom. The van der Waals surface area contributed by atoms with Gasteiger partial charge in [0.2, 0.25) is 11.8 Å². The lowest BCUT2D eigenvalue weighted by Crippen LogP contribution is -2.10. The average Bonchev–Trinajstić information content (AvgIpc) is 3.23. The Kier molecular flexibility index (Phi) is 6.94. The van der Waals surface area contributed by atoms with Crippen molar-refractivity contribution in [3.8, 4) is 16.9 Å². The highest BCUT2D eigenvalue weighted by atomic mass is 35.5. The van der Waals surface area contributed by atoms with Crippen molar-refractivity contribution in [3.63, 3.8) is 0 Å². The summed E-state index contributed by atoms with van der Waals surface area (Å²) >= 11 is 6.06. The van der Waals surface area contributed by atoms with Crippen molar-refractivity contribution in [2.75, 3.05) is 17.7 Å². The summed E-state index contributed by atoms with van der Waals surface area (Å²) in [6, 6.07) is 16.5. The van der Waals surface area contributed by atoms with Crippen LogP contribution in [0, 0.1) is 6.92 Å². The van der Waals surface area contributed by atoms with Gasteiger partial charge in [-0.3, -0.25) is 9.59 Å². The van der Waals surface area contributed by atoms with E-state index in [-0.39, 0.29) is 11.8 Å². The zero-order valence-corrected chi connectivity index (χ0v) is 20.6. The Bertz CT molecular complexity index is 1450. The molecule has 1 heterocycles. The Labute approximate surface area is 208 Å². The minimum Gasteiger partial charge on any atom is -0.496 e. The number of furan rings is 1. The number of rotatable bonds is 6. The molecule has 1 aromatic heterocycles. The van der Waals surface area contributed by atoms with Gasteiger partial charge in [0.1, 0.15) is 11.3 Å². The number of methoxy groups -OCH3 is 1. The molecule has 0 atom stereocenters. The average molecular weight is 489 g/mol. The lowest BCUT2D eigenvalue weighted by Gasteiger charge is -2.13. The molecular weight excluding hydrogens is 464 g/mol. The molecule has 0 aliphatic rings. The summed E-state index contributed by atoms with van der Waals surface area (Å²) in [7, 11) is 1.60. The number of amides is 2. The number of hydrogen-bond acceptors (Lipinski definition) is 4. The van der Waals surface area contributed by atoms with Crippen LogP contribution in [0.5, 0.6) is 5.75 Å². The minimum atomic E-state index is -0.299. The first-order chi connectivity index (χ1) is 16.8. The fourth-order valence-corrected chi connectivity index (χ4v) is 4.18. The summed E-state index contributed by atoms with van der Waals surface area (Å²) in [6.07, 6.45) is 3.24. The molecule has 4 rings (SSSR count). The number of allylic oxidation sites excluding steroid dienone is 1. The zero-order valence-electron chi connectivity index (χ0n) is 19.9. The normalized spacial score (nSPS) is 11.4. The summed E-state index contributed by atoms with van der Waals surface area (Å²) in [5.74, 6) is 0.162. The third-order valence-electron chi connectivity index (χ3n) is 5.63. The number of halogens is 1. The minimum absolute atomic E-state index is 0.181. The molecular formula is C28H25ClN2O4. The van der Waals surface area contributed by atoms with E-state index in [9.17, 15) is 9.59 Å². The van der Waals surface area contributed by atoms with Gasteiger partial charge in [0, 0.05) is 51.5 Å². The van der Waals surface area contributed by atoms with Crippen LogP contribution in [0.25, 0.3) is 27.7 Å². The maximum atomic E-state index is 12.8. The summed E-state index contributed by atoms with van der Waals surface area (Å²) < 4.78 is 11.6. The van der Waals surface area contributed by atoms with E-state index < -0.39 is 0 Å². The van der Waals surface area contributed by atoms with Crippen LogP contribution >= 0.6 is 11.6 Å². The molecule has 0 fully saturated rings. The van der Waals surface area contributed by atoms with Gasteiger partial charge in [-0.05, 0) is 61.4 Å². The second-order valence-electron chi connectivity index (χ2n) is 8.19. The second-order valence-corrected chi connectivity index (χ2v) is 8.63. The van der Waals surface area contributed by atoms with Crippen molar-refractivity contribution in [2.24, 2.45) is 0 Å². The Hall–Kier alpha value is -4.03. The molecule has 3 aromatic carbocycles. The first-order valence-corrected chi connectivity index (χ1v) is 11.4. The fraction of sp³-hybridized carbons (Fsp3) is 0.143. The smallest absolute Gasteiger partial charge is 0.248 e. The number of nitrogens with one attached hydrogen (secondary N) is 2. The van der Waals surface area contributed by atoms with Crippen molar-refractivity contribution in [2.45, 2.75) is 20.8 Å². The summed E-state index contributed by atoms with van der Waals surface area (Å²) in [5, 5.41) is 7.12. The molecule has 7 heteroatoms. The number of ether oxygens (including phenoxy) is 1. The quantitative estimate of drug-likeness (QED) is 0.284. The van der Waals surface area contributed by atoms with Crippen LogP contribution < -0.4 is 15.4 Å². The van der Waals surface area contributed by atoms with Gasteiger partial charge in [-0.1, -0.05) is 29.8 Å². The van der Waals surface area contributed by atoms with E-state index >= 15 is 0 Å². The van der Waals surface area contributed by atoms with Crippen molar-refractivity contribution in [1.29, 1.82) is 0 Å². The van der Waals surface area contributed by atoms with E-state index in [1.807, 2.05) is 44.2 Å². The molecule has 178 valence electrons. The highest BCUT2D eigenvalue weighted by molar-refractivity contribution is 6.30. The monoisotopic (exact) mass is 488 g/mol. The Balaban J connectivity index is 1.69. The maximum absolute atomic E-state index is 12.8. The summed E-state index contributed by atoms with van der Waals surface area (Å²) in [5.41, 5.74) is 6.16. The molecule has 2 amide bonds. The van der Waals surface area contributed by atoms with E-state index in [2.05, 4.69) is 10.6 Å². The number of carbonyl (C=O) groups is 2. The van der Waals surface area contributed by atoms with Gasteiger partial charge in [0.05, 0.1) is 13.4 Å². The largest absolute Gasteiger partial charge is 0.496 e. The first-order valence-electron chi connectivity index (χ1n) is 11.0. The first kappa shape index (κ1) is 24.1. The van der Waals surface area contributed by atoms with Crippen LogP contribution in [0.3, 0.4) is 0 Å². The van der Waals surface area contributed by atoms with Crippen LogP contribution in [-0.2, 0) is 9.59 Å². The number of hydrogen-bond donors (Lipinski definition) is 2. The SMILES string of the molecule is COc1c(/C(C)=C/C(=O)Nc2cccc(NC(C)=O)c2)cc2c(-c3ccc(Cl)cc3)coc2c1C. The molecule has 0 aliphatic carbocycles. The van der Waals surface area contributed by atoms with Crippen molar-refractivity contribution in [3.05, 3.63) is 83.1 Å². The molecule has 35 heavy (non-hydrogen) atoms. The number of anilines is 2. The third-order valence-corrected chi connectivity index (χ3v) is 5.88. The second kappa shape index (κ2) is 10.1. The standard InChI is InChI=1S/C28H25ClN2O4/c1-16(12-26(33)31-22-7-5-6-21(13-22)30-18(3)32)23-14-24-25(19-8-10-20(29)11-9-19)15-35-28(24)17(2)27(23)34-4/h5-15H,1-4H3,(H,30,32)(H,31,33)/b16-12+. The third kappa shape index (κ3) is 5.23. The highest BCUT2D eigenvalue weighted by Gasteiger charge is 2.19. The van der Waals surface area contributed by atoms with E-state index in [0.717, 1.165) is 38.8 Å². The predicted molar refractivity (Wildman–Crippen MR) is 141 cm³/mol. The summed E-state index contributed by atoms with van der Waals surface area (Å²) in [6.45, 7) is 5.22.